The van der Waals surface area contributed by atoms with E-state index in [0.717, 1.165) is 35.5 Å². The molecule has 4 saturated carbocycles. The molecule has 4 aliphatic carbocycles. The van der Waals surface area contributed by atoms with Crippen LogP contribution in [0.2, 0.25) is 0 Å². The lowest BCUT2D eigenvalue weighted by Crippen LogP contribution is -2.45. The zero-order valence-corrected chi connectivity index (χ0v) is 17.6. The highest BCUT2D eigenvalue weighted by atomic mass is 16.6. The number of ether oxygens (including phenoxy) is 2. The number of rotatable bonds is 6. The van der Waals surface area contributed by atoms with Crippen LogP contribution in [-0.2, 0) is 19.1 Å². The lowest BCUT2D eigenvalue weighted by atomic mass is 9.64. The first-order valence-electron chi connectivity index (χ1n) is 11.0. The summed E-state index contributed by atoms with van der Waals surface area (Å²) in [4.78, 5) is 24.5. The number of hydrogen-bond donors (Lipinski definition) is 0. The zero-order chi connectivity index (χ0) is 19.6. The van der Waals surface area contributed by atoms with Crippen LogP contribution in [0.1, 0.15) is 73.1 Å². The molecule has 4 heteroatoms. The Morgan fingerprint density at radius 3 is 2.26 bits per heavy atom. The van der Waals surface area contributed by atoms with Crippen LogP contribution in [0.25, 0.3) is 0 Å². The average Bonchev–Trinajstić information content (AvgIpc) is 3.37. The third-order valence-corrected chi connectivity index (χ3v) is 8.76. The van der Waals surface area contributed by atoms with Gasteiger partial charge in [-0.15, -0.1) is 0 Å². The van der Waals surface area contributed by atoms with Gasteiger partial charge in [-0.25, -0.2) is 4.79 Å². The molecule has 4 aliphatic rings. The highest BCUT2D eigenvalue weighted by Gasteiger charge is 2.64. The van der Waals surface area contributed by atoms with Crippen LogP contribution in [0, 0.1) is 46.8 Å². The monoisotopic (exact) mass is 376 g/mol. The summed E-state index contributed by atoms with van der Waals surface area (Å²) in [5, 5.41) is 0. The molecule has 0 aliphatic heterocycles. The van der Waals surface area contributed by atoms with Gasteiger partial charge in [-0.3, -0.25) is 4.79 Å². The Hall–Kier alpha value is -1.06. The van der Waals surface area contributed by atoms with Crippen LogP contribution in [0.5, 0.6) is 0 Å². The van der Waals surface area contributed by atoms with Crippen molar-refractivity contribution in [1.82, 2.24) is 0 Å². The summed E-state index contributed by atoms with van der Waals surface area (Å²) in [7, 11) is 0. The van der Waals surface area contributed by atoms with Gasteiger partial charge < -0.3 is 9.47 Å². The van der Waals surface area contributed by atoms with Crippen molar-refractivity contribution in [3.63, 3.8) is 0 Å². The van der Waals surface area contributed by atoms with E-state index in [1.807, 2.05) is 20.8 Å². The molecular weight excluding hydrogens is 340 g/mol. The molecule has 0 heterocycles. The molecule has 0 aromatic heterocycles. The van der Waals surface area contributed by atoms with E-state index >= 15 is 0 Å². The second-order valence-electron chi connectivity index (χ2n) is 10.9. The molecule has 7 unspecified atom stereocenters. The Bertz CT molecular complexity index is 622. The lowest BCUT2D eigenvalue weighted by molar-refractivity contribution is -0.177. The van der Waals surface area contributed by atoms with Gasteiger partial charge in [0.2, 0.25) is 0 Å². The molecule has 0 N–H and O–H groups in total. The Labute approximate surface area is 163 Å². The molecule has 7 atom stereocenters. The van der Waals surface area contributed by atoms with Gasteiger partial charge in [-0.2, -0.15) is 0 Å². The van der Waals surface area contributed by atoms with Gasteiger partial charge in [-0.1, -0.05) is 6.92 Å². The van der Waals surface area contributed by atoms with Gasteiger partial charge in [0.15, 0.2) is 6.61 Å². The number of esters is 2. The van der Waals surface area contributed by atoms with E-state index in [4.69, 9.17) is 9.47 Å². The second-order valence-corrected chi connectivity index (χ2v) is 10.9. The maximum Gasteiger partial charge on any atom is 0.344 e. The normalized spacial score (nSPS) is 39.5. The summed E-state index contributed by atoms with van der Waals surface area (Å²) < 4.78 is 11.1. The standard InChI is InChI=1S/C23H36O4/c1-6-22(2,3)21(25)26-12-18(24)27-23(4,5)17-11-15-10-16(17)20-14-8-7-13(9-14)19(15)20/h13-17,19-20H,6-12H2,1-5H3. The zero-order valence-electron chi connectivity index (χ0n) is 17.6. The van der Waals surface area contributed by atoms with Gasteiger partial charge >= 0.3 is 11.9 Å². The van der Waals surface area contributed by atoms with Gasteiger partial charge in [0, 0.05) is 5.92 Å². The molecule has 152 valence electrons. The third-order valence-electron chi connectivity index (χ3n) is 8.76. The Kier molecular flexibility index (Phi) is 4.63. The van der Waals surface area contributed by atoms with Crippen molar-refractivity contribution in [2.75, 3.05) is 6.61 Å². The fourth-order valence-corrected chi connectivity index (χ4v) is 7.23. The predicted molar refractivity (Wildman–Crippen MR) is 103 cm³/mol. The quantitative estimate of drug-likeness (QED) is 0.502. The highest BCUT2D eigenvalue weighted by Crippen LogP contribution is 2.70. The fourth-order valence-electron chi connectivity index (χ4n) is 7.23. The molecule has 0 radical (unpaired) electrons. The Morgan fingerprint density at radius 1 is 0.926 bits per heavy atom. The third kappa shape index (κ3) is 3.11. The lowest BCUT2D eigenvalue weighted by Gasteiger charge is -2.44. The summed E-state index contributed by atoms with van der Waals surface area (Å²) in [6, 6.07) is 0. The molecule has 0 amide bonds. The van der Waals surface area contributed by atoms with Crippen molar-refractivity contribution < 1.29 is 19.1 Å². The van der Waals surface area contributed by atoms with Gasteiger partial charge in [0.25, 0.3) is 0 Å². The van der Waals surface area contributed by atoms with Crippen molar-refractivity contribution >= 4 is 11.9 Å². The molecule has 0 spiro atoms. The molecule has 27 heavy (non-hydrogen) atoms. The molecular formula is C23H36O4. The highest BCUT2D eigenvalue weighted by molar-refractivity contribution is 5.79. The van der Waals surface area contributed by atoms with Crippen LogP contribution in [0.3, 0.4) is 0 Å². The Balaban J connectivity index is 1.34. The van der Waals surface area contributed by atoms with Crippen LogP contribution in [0.4, 0.5) is 0 Å². The van der Waals surface area contributed by atoms with Crippen molar-refractivity contribution in [2.45, 2.75) is 78.7 Å². The topological polar surface area (TPSA) is 52.6 Å². The molecule has 0 aromatic rings. The molecule has 4 rings (SSSR count). The van der Waals surface area contributed by atoms with E-state index in [1.54, 1.807) is 0 Å². The second kappa shape index (κ2) is 6.49. The maximum absolute atomic E-state index is 12.4. The minimum Gasteiger partial charge on any atom is -0.457 e. The van der Waals surface area contributed by atoms with Crippen molar-refractivity contribution in [1.29, 1.82) is 0 Å². The van der Waals surface area contributed by atoms with Crippen LogP contribution >= 0.6 is 0 Å². The van der Waals surface area contributed by atoms with Crippen molar-refractivity contribution in [3.05, 3.63) is 0 Å². The van der Waals surface area contributed by atoms with E-state index in [1.165, 1.54) is 32.1 Å². The molecule has 0 aromatic carbocycles. The van der Waals surface area contributed by atoms with Crippen molar-refractivity contribution in [3.8, 4) is 0 Å². The van der Waals surface area contributed by atoms with Crippen LogP contribution in [-0.4, -0.2) is 24.1 Å². The molecule has 4 nitrogen and oxygen atoms in total. The van der Waals surface area contributed by atoms with Gasteiger partial charge in [0.1, 0.15) is 5.60 Å². The minimum absolute atomic E-state index is 0.275. The number of carbonyl (C=O) groups is 2. The number of fused-ring (bicyclic) bond motifs is 9. The summed E-state index contributed by atoms with van der Waals surface area (Å²) in [6.07, 6.45) is 7.56. The smallest absolute Gasteiger partial charge is 0.344 e. The SMILES string of the molecule is CCC(C)(C)C(=O)OCC(=O)OC(C)(C)C1CC2CC1C1C3CCC(C3)C21. The number of carbonyl (C=O) groups excluding carboxylic acids is 2. The van der Waals surface area contributed by atoms with Crippen LogP contribution < -0.4 is 0 Å². The van der Waals surface area contributed by atoms with E-state index in [-0.39, 0.29) is 12.6 Å². The summed E-state index contributed by atoms with van der Waals surface area (Å²) in [6.45, 7) is 9.48. The van der Waals surface area contributed by atoms with Crippen molar-refractivity contribution in [2.24, 2.45) is 46.8 Å². The first-order chi connectivity index (χ1) is 12.6. The molecule has 4 fully saturated rings. The largest absolute Gasteiger partial charge is 0.457 e. The van der Waals surface area contributed by atoms with Crippen LogP contribution in [0.15, 0.2) is 0 Å². The predicted octanol–water partition coefficient (Wildman–Crippen LogP) is 4.61. The summed E-state index contributed by atoms with van der Waals surface area (Å²) in [5.41, 5.74) is -1.03. The first kappa shape index (κ1) is 19.3. The summed E-state index contributed by atoms with van der Waals surface area (Å²) in [5.74, 6) is 5.06. The first-order valence-corrected chi connectivity index (χ1v) is 11.0. The maximum atomic E-state index is 12.4. The van der Waals surface area contributed by atoms with Gasteiger partial charge in [-0.05, 0) is 102 Å². The van der Waals surface area contributed by atoms with Gasteiger partial charge in [0.05, 0.1) is 5.41 Å². The average molecular weight is 377 g/mol. The van der Waals surface area contributed by atoms with E-state index in [0.29, 0.717) is 12.3 Å². The van der Waals surface area contributed by atoms with E-state index < -0.39 is 17.0 Å². The molecule has 4 bridgehead atoms. The Morgan fingerprint density at radius 2 is 1.59 bits per heavy atom. The van der Waals surface area contributed by atoms with E-state index in [2.05, 4.69) is 13.8 Å². The molecule has 0 saturated heterocycles. The minimum atomic E-state index is -0.558. The van der Waals surface area contributed by atoms with E-state index in [9.17, 15) is 9.59 Å². The fraction of sp³-hybridized carbons (Fsp3) is 0.913. The number of hydrogen-bond acceptors (Lipinski definition) is 4. The summed E-state index contributed by atoms with van der Waals surface area (Å²) >= 11 is 0.